The van der Waals surface area contributed by atoms with Gasteiger partial charge in [-0.2, -0.15) is 0 Å². The van der Waals surface area contributed by atoms with E-state index in [0.717, 1.165) is 11.3 Å². The normalized spacial score (nSPS) is 10.3. The van der Waals surface area contributed by atoms with Gasteiger partial charge in [-0.3, -0.25) is 4.79 Å². The number of nitrogens with zero attached hydrogens (tertiary/aromatic N) is 2. The summed E-state index contributed by atoms with van der Waals surface area (Å²) in [6.07, 6.45) is 1.73. The van der Waals surface area contributed by atoms with E-state index >= 15 is 0 Å². The van der Waals surface area contributed by atoms with Gasteiger partial charge >= 0.3 is 0 Å². The van der Waals surface area contributed by atoms with Crippen molar-refractivity contribution in [1.82, 2.24) is 9.55 Å². The molecule has 0 unspecified atom stereocenters. The molecule has 2 aromatic rings. The van der Waals surface area contributed by atoms with Crippen molar-refractivity contribution in [2.45, 2.75) is 13.5 Å². The molecule has 0 radical (unpaired) electrons. The average molecular weight is 215 g/mol. The number of rotatable bonds is 2. The van der Waals surface area contributed by atoms with Crippen LogP contribution in [-0.4, -0.2) is 9.55 Å². The third-order valence-electron chi connectivity index (χ3n) is 2.41. The fraction of sp³-hybridized carbons (Fsp3) is 0.167. The molecule has 2 N–H and O–H groups in total. The van der Waals surface area contributed by atoms with Crippen molar-refractivity contribution in [2.75, 3.05) is 5.73 Å². The number of anilines is 1. The Morgan fingerprint density at radius 3 is 2.62 bits per heavy atom. The van der Waals surface area contributed by atoms with E-state index in [2.05, 4.69) is 4.98 Å². The van der Waals surface area contributed by atoms with E-state index < -0.39 is 0 Å². The first-order valence-corrected chi connectivity index (χ1v) is 5.14. The lowest BCUT2D eigenvalue weighted by Crippen LogP contribution is -2.23. The second-order valence-corrected chi connectivity index (χ2v) is 3.47. The summed E-state index contributed by atoms with van der Waals surface area (Å²) in [4.78, 5) is 15.7. The Bertz CT molecular complexity index is 546. The Morgan fingerprint density at radius 1 is 1.31 bits per heavy atom. The summed E-state index contributed by atoms with van der Waals surface area (Å²) in [6, 6.07) is 9.66. The van der Waals surface area contributed by atoms with Gasteiger partial charge in [0.2, 0.25) is 0 Å². The van der Waals surface area contributed by atoms with Gasteiger partial charge < -0.3 is 10.3 Å². The number of nitrogens with two attached hydrogens (primary N) is 1. The summed E-state index contributed by atoms with van der Waals surface area (Å²) < 4.78 is 1.56. The maximum atomic E-state index is 11.6. The molecule has 4 heteroatoms. The van der Waals surface area contributed by atoms with Gasteiger partial charge in [0.15, 0.2) is 5.82 Å². The fourth-order valence-corrected chi connectivity index (χ4v) is 1.54. The number of nitrogen functional groups attached to an aromatic ring is 1. The van der Waals surface area contributed by atoms with Gasteiger partial charge in [-0.1, -0.05) is 30.3 Å². The van der Waals surface area contributed by atoms with Crippen molar-refractivity contribution < 1.29 is 0 Å². The molecule has 0 bridgehead atoms. The van der Waals surface area contributed by atoms with Crippen molar-refractivity contribution in [3.8, 4) is 11.3 Å². The molecule has 1 aromatic heterocycles. The van der Waals surface area contributed by atoms with Gasteiger partial charge in [0.25, 0.3) is 5.56 Å². The van der Waals surface area contributed by atoms with Crippen LogP contribution in [0.1, 0.15) is 6.92 Å². The minimum Gasteiger partial charge on any atom is -0.379 e. The largest absolute Gasteiger partial charge is 0.379 e. The molecule has 1 heterocycles. The van der Waals surface area contributed by atoms with Crippen molar-refractivity contribution in [1.29, 1.82) is 0 Å². The molecule has 0 fully saturated rings. The average Bonchev–Trinajstić information content (AvgIpc) is 2.33. The fourth-order valence-electron chi connectivity index (χ4n) is 1.54. The number of benzene rings is 1. The summed E-state index contributed by atoms with van der Waals surface area (Å²) in [5, 5.41) is 0. The molecule has 1 aromatic carbocycles. The van der Waals surface area contributed by atoms with E-state index in [4.69, 9.17) is 5.73 Å². The Hall–Kier alpha value is -2.10. The Labute approximate surface area is 93.4 Å². The predicted molar refractivity (Wildman–Crippen MR) is 64.0 cm³/mol. The molecule has 0 aliphatic carbocycles. The van der Waals surface area contributed by atoms with E-state index in [1.165, 1.54) is 0 Å². The van der Waals surface area contributed by atoms with Gasteiger partial charge in [0.05, 0.1) is 5.69 Å². The molecule has 4 nitrogen and oxygen atoms in total. The third kappa shape index (κ3) is 1.82. The Kier molecular flexibility index (Phi) is 2.72. The summed E-state index contributed by atoms with van der Waals surface area (Å²) in [6.45, 7) is 2.49. The first-order valence-electron chi connectivity index (χ1n) is 5.14. The maximum Gasteiger partial charge on any atom is 0.293 e. The molecule has 0 spiro atoms. The number of hydrogen-bond donors (Lipinski definition) is 1. The van der Waals surface area contributed by atoms with Crippen LogP contribution < -0.4 is 11.3 Å². The van der Waals surface area contributed by atoms with Gasteiger partial charge in [0, 0.05) is 18.3 Å². The minimum absolute atomic E-state index is 0.0446. The zero-order valence-electron chi connectivity index (χ0n) is 9.05. The smallest absolute Gasteiger partial charge is 0.293 e. The van der Waals surface area contributed by atoms with Crippen LogP contribution in [0.5, 0.6) is 0 Å². The van der Waals surface area contributed by atoms with Gasteiger partial charge in [-0.15, -0.1) is 0 Å². The molecule has 0 saturated carbocycles. The van der Waals surface area contributed by atoms with Gasteiger partial charge in [-0.25, -0.2) is 4.98 Å². The van der Waals surface area contributed by atoms with Gasteiger partial charge in [0.1, 0.15) is 0 Å². The summed E-state index contributed by atoms with van der Waals surface area (Å²) >= 11 is 0. The second-order valence-electron chi connectivity index (χ2n) is 3.47. The molecule has 0 amide bonds. The minimum atomic E-state index is -0.234. The zero-order valence-corrected chi connectivity index (χ0v) is 9.05. The molecule has 0 saturated heterocycles. The topological polar surface area (TPSA) is 60.9 Å². The van der Waals surface area contributed by atoms with Gasteiger partial charge in [-0.05, 0) is 6.92 Å². The van der Waals surface area contributed by atoms with Crippen molar-refractivity contribution in [3.63, 3.8) is 0 Å². The zero-order chi connectivity index (χ0) is 11.5. The van der Waals surface area contributed by atoms with Crippen LogP contribution in [0.15, 0.2) is 41.3 Å². The molecule has 2 rings (SSSR count). The quantitative estimate of drug-likeness (QED) is 0.826. The highest BCUT2D eigenvalue weighted by Crippen LogP contribution is 2.15. The highest BCUT2D eigenvalue weighted by Gasteiger charge is 2.05. The molecule has 82 valence electrons. The number of aromatic nitrogens is 2. The van der Waals surface area contributed by atoms with E-state index in [1.807, 2.05) is 37.3 Å². The lowest BCUT2D eigenvalue weighted by Gasteiger charge is -2.06. The maximum absolute atomic E-state index is 11.6. The molecule has 0 aliphatic heterocycles. The van der Waals surface area contributed by atoms with Crippen molar-refractivity contribution >= 4 is 5.82 Å². The van der Waals surface area contributed by atoms with E-state index in [9.17, 15) is 4.79 Å². The molecular formula is C12H13N3O. The first-order chi connectivity index (χ1) is 7.72. The molecular weight excluding hydrogens is 202 g/mol. The Morgan fingerprint density at radius 2 is 2.00 bits per heavy atom. The summed E-state index contributed by atoms with van der Waals surface area (Å²) in [5.41, 5.74) is 7.03. The monoisotopic (exact) mass is 215 g/mol. The van der Waals surface area contributed by atoms with Crippen molar-refractivity contribution in [3.05, 3.63) is 46.9 Å². The molecule has 0 aliphatic rings. The van der Waals surface area contributed by atoms with Crippen LogP contribution in [0.4, 0.5) is 5.82 Å². The lowest BCUT2D eigenvalue weighted by atomic mass is 10.2. The lowest BCUT2D eigenvalue weighted by molar-refractivity contribution is 0.723. The summed E-state index contributed by atoms with van der Waals surface area (Å²) in [5.74, 6) is 0.0446. The number of aryl methyl sites for hydroxylation is 1. The highest BCUT2D eigenvalue weighted by atomic mass is 16.1. The van der Waals surface area contributed by atoms with E-state index in [-0.39, 0.29) is 11.4 Å². The van der Waals surface area contributed by atoms with E-state index in [1.54, 1.807) is 10.8 Å². The molecule has 0 atom stereocenters. The second kappa shape index (κ2) is 4.18. The van der Waals surface area contributed by atoms with Crippen LogP contribution >= 0.6 is 0 Å². The van der Waals surface area contributed by atoms with Crippen LogP contribution in [0.25, 0.3) is 11.3 Å². The van der Waals surface area contributed by atoms with Crippen LogP contribution in [0.3, 0.4) is 0 Å². The standard InChI is InChI=1S/C12H13N3O/c1-2-15-8-10(14-11(13)12(15)16)9-6-4-3-5-7-9/h3-8H,2H2,1H3,(H2,13,14). The van der Waals surface area contributed by atoms with E-state index in [0.29, 0.717) is 6.54 Å². The predicted octanol–water partition coefficient (Wildman–Crippen LogP) is 1.51. The SMILES string of the molecule is CCn1cc(-c2ccccc2)nc(N)c1=O. The molecule has 16 heavy (non-hydrogen) atoms. The van der Waals surface area contributed by atoms with Crippen LogP contribution in [0.2, 0.25) is 0 Å². The third-order valence-corrected chi connectivity index (χ3v) is 2.41. The summed E-state index contributed by atoms with van der Waals surface area (Å²) in [7, 11) is 0. The Balaban J connectivity index is 2.60. The highest BCUT2D eigenvalue weighted by molar-refractivity contribution is 5.59. The van der Waals surface area contributed by atoms with Crippen LogP contribution in [0, 0.1) is 0 Å². The first kappa shape index (κ1) is 10.4. The van der Waals surface area contributed by atoms with Crippen LogP contribution in [-0.2, 0) is 6.54 Å². The number of hydrogen-bond acceptors (Lipinski definition) is 3. The van der Waals surface area contributed by atoms with Crippen molar-refractivity contribution in [2.24, 2.45) is 0 Å².